The van der Waals surface area contributed by atoms with Crippen molar-refractivity contribution in [1.29, 1.82) is 0 Å². The van der Waals surface area contributed by atoms with Gasteiger partial charge in [-0.1, -0.05) is 20.8 Å². The van der Waals surface area contributed by atoms with Crippen LogP contribution in [-0.2, 0) is 4.79 Å². The number of hydrogen-bond donors (Lipinski definition) is 1. The molecule has 3 heteroatoms. The lowest BCUT2D eigenvalue weighted by Crippen LogP contribution is -2.55. The lowest BCUT2D eigenvalue weighted by atomic mass is 9.77. The fourth-order valence-corrected chi connectivity index (χ4v) is 2.30. The minimum atomic E-state index is 0.00259. The Morgan fingerprint density at radius 2 is 2.20 bits per heavy atom. The molecule has 1 heterocycles. The molecule has 1 aliphatic heterocycles. The van der Waals surface area contributed by atoms with Crippen LogP contribution >= 0.6 is 0 Å². The van der Waals surface area contributed by atoms with Gasteiger partial charge in [0.15, 0.2) is 0 Å². The topological polar surface area (TPSA) is 32.3 Å². The first-order valence-electron chi connectivity index (χ1n) is 5.97. The van der Waals surface area contributed by atoms with Crippen molar-refractivity contribution < 1.29 is 4.79 Å². The second-order valence-electron chi connectivity index (χ2n) is 5.24. The van der Waals surface area contributed by atoms with Gasteiger partial charge in [0.1, 0.15) is 0 Å². The minimum absolute atomic E-state index is 0.00259. The Hall–Kier alpha value is -0.570. The van der Waals surface area contributed by atoms with Gasteiger partial charge in [-0.15, -0.1) is 0 Å². The van der Waals surface area contributed by atoms with Crippen molar-refractivity contribution in [1.82, 2.24) is 10.2 Å². The normalized spacial score (nSPS) is 24.9. The van der Waals surface area contributed by atoms with Gasteiger partial charge >= 0.3 is 0 Å². The number of hydrogen-bond acceptors (Lipinski definition) is 2. The van der Waals surface area contributed by atoms with Crippen LogP contribution in [0.25, 0.3) is 0 Å². The van der Waals surface area contributed by atoms with Gasteiger partial charge < -0.3 is 10.2 Å². The van der Waals surface area contributed by atoms with Gasteiger partial charge in [-0.05, 0) is 31.2 Å². The van der Waals surface area contributed by atoms with E-state index in [9.17, 15) is 4.79 Å². The van der Waals surface area contributed by atoms with Crippen molar-refractivity contribution in [3.05, 3.63) is 0 Å². The third-order valence-corrected chi connectivity index (χ3v) is 3.31. The van der Waals surface area contributed by atoms with Crippen LogP contribution in [0.15, 0.2) is 0 Å². The van der Waals surface area contributed by atoms with Gasteiger partial charge in [-0.3, -0.25) is 4.79 Å². The molecule has 0 saturated carbocycles. The molecule has 1 saturated heterocycles. The third kappa shape index (κ3) is 2.94. The third-order valence-electron chi connectivity index (χ3n) is 3.31. The lowest BCUT2D eigenvalue weighted by molar-refractivity contribution is -0.136. The van der Waals surface area contributed by atoms with E-state index >= 15 is 0 Å². The summed E-state index contributed by atoms with van der Waals surface area (Å²) in [5, 5.41) is 3.36. The molecule has 0 bridgehead atoms. The number of amides is 1. The Morgan fingerprint density at radius 1 is 1.53 bits per heavy atom. The monoisotopic (exact) mass is 212 g/mol. The molecule has 0 aromatic carbocycles. The highest BCUT2D eigenvalue weighted by atomic mass is 16.2. The van der Waals surface area contributed by atoms with Crippen molar-refractivity contribution in [2.45, 2.75) is 46.1 Å². The highest BCUT2D eigenvalue weighted by molar-refractivity contribution is 5.82. The van der Waals surface area contributed by atoms with Gasteiger partial charge in [0.25, 0.3) is 0 Å². The van der Waals surface area contributed by atoms with E-state index < -0.39 is 0 Å². The maximum Gasteiger partial charge on any atom is 0.239 e. The van der Waals surface area contributed by atoms with E-state index in [4.69, 9.17) is 0 Å². The first-order valence-corrected chi connectivity index (χ1v) is 5.97. The zero-order chi connectivity index (χ0) is 11.5. The van der Waals surface area contributed by atoms with Crippen LogP contribution in [0.2, 0.25) is 0 Å². The van der Waals surface area contributed by atoms with Crippen LogP contribution in [0.1, 0.15) is 40.0 Å². The SMILES string of the molecule is CCCN(C)C(=O)C1NCCCC1(C)C. The lowest BCUT2D eigenvalue weighted by Gasteiger charge is -2.40. The molecular weight excluding hydrogens is 188 g/mol. The Labute approximate surface area is 93.2 Å². The van der Waals surface area contributed by atoms with E-state index in [2.05, 4.69) is 26.1 Å². The van der Waals surface area contributed by atoms with Crippen LogP contribution in [0.4, 0.5) is 0 Å². The van der Waals surface area contributed by atoms with Crippen molar-refractivity contribution in [3.8, 4) is 0 Å². The molecule has 0 aromatic rings. The zero-order valence-corrected chi connectivity index (χ0v) is 10.5. The molecule has 15 heavy (non-hydrogen) atoms. The number of carbonyl (C=O) groups excluding carboxylic acids is 1. The summed E-state index contributed by atoms with van der Waals surface area (Å²) < 4.78 is 0. The molecule has 1 N–H and O–H groups in total. The molecule has 1 amide bonds. The van der Waals surface area contributed by atoms with Crippen LogP contribution in [-0.4, -0.2) is 37.0 Å². The maximum atomic E-state index is 12.2. The average Bonchev–Trinajstić information content (AvgIpc) is 2.16. The van der Waals surface area contributed by atoms with Crippen molar-refractivity contribution in [2.24, 2.45) is 5.41 Å². The quantitative estimate of drug-likeness (QED) is 0.771. The molecule has 0 aromatic heterocycles. The van der Waals surface area contributed by atoms with Crippen LogP contribution in [0.5, 0.6) is 0 Å². The number of piperidine rings is 1. The molecule has 0 aliphatic carbocycles. The molecule has 1 fully saturated rings. The molecule has 0 radical (unpaired) electrons. The summed E-state index contributed by atoms with van der Waals surface area (Å²) in [7, 11) is 1.90. The van der Waals surface area contributed by atoms with E-state index in [1.165, 1.54) is 6.42 Å². The Kier molecular flexibility index (Phi) is 4.14. The summed E-state index contributed by atoms with van der Waals surface area (Å²) in [4.78, 5) is 14.0. The smallest absolute Gasteiger partial charge is 0.239 e. The molecule has 1 aliphatic rings. The van der Waals surface area contributed by atoms with E-state index in [0.29, 0.717) is 0 Å². The first kappa shape index (κ1) is 12.5. The molecule has 1 rings (SSSR count). The van der Waals surface area contributed by atoms with Gasteiger partial charge in [-0.2, -0.15) is 0 Å². The Balaban J connectivity index is 2.64. The van der Waals surface area contributed by atoms with Crippen molar-refractivity contribution in [3.63, 3.8) is 0 Å². The van der Waals surface area contributed by atoms with E-state index in [1.54, 1.807) is 0 Å². The highest BCUT2D eigenvalue weighted by Gasteiger charge is 2.38. The van der Waals surface area contributed by atoms with Gasteiger partial charge in [-0.25, -0.2) is 0 Å². The summed E-state index contributed by atoms with van der Waals surface area (Å²) in [6.07, 6.45) is 3.33. The maximum absolute atomic E-state index is 12.2. The molecule has 0 spiro atoms. The Bertz CT molecular complexity index is 226. The number of carbonyl (C=O) groups is 1. The van der Waals surface area contributed by atoms with Crippen molar-refractivity contribution >= 4 is 5.91 Å². The van der Waals surface area contributed by atoms with E-state index in [0.717, 1.165) is 25.9 Å². The predicted octanol–water partition coefficient (Wildman–Crippen LogP) is 1.63. The molecule has 88 valence electrons. The largest absolute Gasteiger partial charge is 0.344 e. The summed E-state index contributed by atoms with van der Waals surface area (Å²) in [6, 6.07) is 0.00259. The first-order chi connectivity index (χ1) is 6.99. The average molecular weight is 212 g/mol. The number of likely N-dealkylation sites (N-methyl/N-ethyl adjacent to an activating group) is 1. The molecular formula is C12H24N2O. The fraction of sp³-hybridized carbons (Fsp3) is 0.917. The van der Waals surface area contributed by atoms with Crippen molar-refractivity contribution in [2.75, 3.05) is 20.1 Å². The van der Waals surface area contributed by atoms with Gasteiger partial charge in [0, 0.05) is 13.6 Å². The number of rotatable bonds is 3. The zero-order valence-electron chi connectivity index (χ0n) is 10.5. The number of nitrogens with one attached hydrogen (secondary N) is 1. The second kappa shape index (κ2) is 4.97. The van der Waals surface area contributed by atoms with E-state index in [-0.39, 0.29) is 17.4 Å². The summed E-state index contributed by atoms with van der Waals surface area (Å²) in [5.41, 5.74) is 0.0946. The Morgan fingerprint density at radius 3 is 2.73 bits per heavy atom. The van der Waals surface area contributed by atoms with Crippen LogP contribution in [0, 0.1) is 5.41 Å². The summed E-state index contributed by atoms with van der Waals surface area (Å²) in [5.74, 6) is 0.251. The number of nitrogens with zero attached hydrogens (tertiary/aromatic N) is 1. The fourth-order valence-electron chi connectivity index (χ4n) is 2.30. The van der Waals surface area contributed by atoms with Crippen LogP contribution < -0.4 is 5.32 Å². The summed E-state index contributed by atoms with van der Waals surface area (Å²) >= 11 is 0. The molecule has 1 atom stereocenters. The van der Waals surface area contributed by atoms with Gasteiger partial charge in [0.2, 0.25) is 5.91 Å². The highest BCUT2D eigenvalue weighted by Crippen LogP contribution is 2.30. The molecule has 3 nitrogen and oxygen atoms in total. The van der Waals surface area contributed by atoms with E-state index in [1.807, 2.05) is 11.9 Å². The minimum Gasteiger partial charge on any atom is -0.344 e. The summed E-state index contributed by atoms with van der Waals surface area (Å²) in [6.45, 7) is 8.29. The second-order valence-corrected chi connectivity index (χ2v) is 5.24. The van der Waals surface area contributed by atoms with Gasteiger partial charge in [0.05, 0.1) is 6.04 Å². The van der Waals surface area contributed by atoms with Crippen LogP contribution in [0.3, 0.4) is 0 Å². The standard InChI is InChI=1S/C12H24N2O/c1-5-9-14(4)11(15)10-12(2,3)7-6-8-13-10/h10,13H,5-9H2,1-4H3. The predicted molar refractivity (Wildman–Crippen MR) is 62.7 cm³/mol. The molecule has 1 unspecified atom stereocenters.